The highest BCUT2D eigenvalue weighted by molar-refractivity contribution is 5.99. The Bertz CT molecular complexity index is 958. The van der Waals surface area contributed by atoms with Gasteiger partial charge in [0.25, 0.3) is 5.91 Å². The Morgan fingerprint density at radius 2 is 1.97 bits per heavy atom. The number of ether oxygens (including phenoxy) is 2. The summed E-state index contributed by atoms with van der Waals surface area (Å²) in [6.45, 7) is 2.32. The van der Waals surface area contributed by atoms with Gasteiger partial charge in [0.2, 0.25) is 0 Å². The maximum atomic E-state index is 13.0. The summed E-state index contributed by atoms with van der Waals surface area (Å²) in [6.07, 6.45) is 6.73. The molecule has 6 heteroatoms. The third-order valence-electron chi connectivity index (χ3n) is 7.28. The molecule has 1 aromatic carbocycles. The Morgan fingerprint density at radius 1 is 1.19 bits per heavy atom. The van der Waals surface area contributed by atoms with Crippen molar-refractivity contribution >= 4 is 22.8 Å². The first-order valence-corrected chi connectivity index (χ1v) is 11.5. The predicted octanol–water partition coefficient (Wildman–Crippen LogP) is 3.74. The molecule has 1 aliphatic carbocycles. The molecule has 1 aliphatic heterocycles. The molecule has 4 rings (SSSR count). The lowest BCUT2D eigenvalue weighted by Gasteiger charge is -2.33. The third kappa shape index (κ3) is 4.49. The normalized spacial score (nSPS) is 19.3. The fourth-order valence-corrected chi connectivity index (χ4v) is 5.41. The Morgan fingerprint density at radius 3 is 2.71 bits per heavy atom. The van der Waals surface area contributed by atoms with E-state index in [2.05, 4.69) is 28.5 Å². The van der Waals surface area contributed by atoms with Crippen LogP contribution in [0.3, 0.4) is 0 Å². The Kier molecular flexibility index (Phi) is 6.65. The van der Waals surface area contributed by atoms with Crippen LogP contribution in [0.25, 0.3) is 10.9 Å². The zero-order valence-corrected chi connectivity index (χ0v) is 19.0. The summed E-state index contributed by atoms with van der Waals surface area (Å²) in [5.74, 6) is 1.23. The molecule has 0 bridgehead atoms. The van der Waals surface area contributed by atoms with Crippen molar-refractivity contribution in [2.24, 2.45) is 18.9 Å². The molecule has 1 fully saturated rings. The molecule has 2 heterocycles. The standard InChI is InChI=1S/C25H34N2O4/c1-26(12-4-5-24(28)30-3)25(29)19-7-9-23-21(16-19)20-15-18(6-8-22(20)27(23)2)17-10-13-31-14-11-17/h7,9,16-18H,4-6,8,10-15H2,1-3H3/t18-/m1/s1. The molecule has 1 atom stereocenters. The van der Waals surface area contributed by atoms with Crippen molar-refractivity contribution in [3.05, 3.63) is 35.0 Å². The second-order valence-electron chi connectivity index (χ2n) is 9.08. The molecule has 31 heavy (non-hydrogen) atoms. The molecule has 0 radical (unpaired) electrons. The monoisotopic (exact) mass is 426 g/mol. The summed E-state index contributed by atoms with van der Waals surface area (Å²) in [7, 11) is 5.33. The van der Waals surface area contributed by atoms with Crippen molar-refractivity contribution in [2.45, 2.75) is 44.9 Å². The van der Waals surface area contributed by atoms with Crippen molar-refractivity contribution in [3.8, 4) is 0 Å². The number of hydrogen-bond donors (Lipinski definition) is 0. The fourth-order valence-electron chi connectivity index (χ4n) is 5.41. The van der Waals surface area contributed by atoms with Crippen molar-refractivity contribution in [1.29, 1.82) is 0 Å². The SMILES string of the molecule is COC(=O)CCCN(C)C(=O)c1ccc2c(c1)c1c(n2C)CC[C@@H](C2CCOCC2)C1. The summed E-state index contributed by atoms with van der Waals surface area (Å²) in [5.41, 5.74) is 4.79. The molecule has 0 unspecified atom stereocenters. The minimum absolute atomic E-state index is 0.00107. The summed E-state index contributed by atoms with van der Waals surface area (Å²) in [5, 5.41) is 1.23. The number of benzene rings is 1. The Balaban J connectivity index is 1.53. The van der Waals surface area contributed by atoms with Gasteiger partial charge in [-0.2, -0.15) is 0 Å². The molecular formula is C25H34N2O4. The van der Waals surface area contributed by atoms with Gasteiger partial charge in [-0.15, -0.1) is 0 Å². The van der Waals surface area contributed by atoms with Gasteiger partial charge in [-0.25, -0.2) is 0 Å². The minimum Gasteiger partial charge on any atom is -0.469 e. The molecule has 1 aromatic heterocycles. The Hall–Kier alpha value is -2.34. The number of nitrogens with zero attached hydrogens (tertiary/aromatic N) is 2. The molecule has 168 valence electrons. The van der Waals surface area contributed by atoms with Gasteiger partial charge in [-0.3, -0.25) is 9.59 Å². The minimum atomic E-state index is -0.239. The lowest BCUT2D eigenvalue weighted by atomic mass is 9.75. The third-order valence-corrected chi connectivity index (χ3v) is 7.28. The van der Waals surface area contributed by atoms with E-state index in [-0.39, 0.29) is 11.9 Å². The van der Waals surface area contributed by atoms with Crippen LogP contribution >= 0.6 is 0 Å². The number of rotatable bonds is 6. The molecule has 2 aliphatic rings. The molecule has 2 aromatic rings. The first-order valence-electron chi connectivity index (χ1n) is 11.5. The van der Waals surface area contributed by atoms with E-state index in [4.69, 9.17) is 4.74 Å². The molecule has 0 spiro atoms. The van der Waals surface area contributed by atoms with Crippen molar-refractivity contribution < 1.29 is 19.1 Å². The Labute approximate surface area is 184 Å². The number of aryl methyl sites for hydroxylation is 1. The summed E-state index contributed by atoms with van der Waals surface area (Å²) < 4.78 is 12.6. The second kappa shape index (κ2) is 9.43. The van der Waals surface area contributed by atoms with E-state index in [1.807, 2.05) is 6.07 Å². The first kappa shape index (κ1) is 21.9. The summed E-state index contributed by atoms with van der Waals surface area (Å²) in [4.78, 5) is 26.0. The zero-order chi connectivity index (χ0) is 22.0. The topological polar surface area (TPSA) is 60.8 Å². The molecular weight excluding hydrogens is 392 g/mol. The van der Waals surface area contributed by atoms with Crippen LogP contribution in [0, 0.1) is 11.8 Å². The molecule has 1 amide bonds. The maximum absolute atomic E-state index is 13.0. The zero-order valence-electron chi connectivity index (χ0n) is 19.0. The van der Waals surface area contributed by atoms with Gasteiger partial charge in [0, 0.05) is 62.4 Å². The van der Waals surface area contributed by atoms with Gasteiger partial charge >= 0.3 is 5.97 Å². The van der Waals surface area contributed by atoms with Crippen LogP contribution in [0.2, 0.25) is 0 Å². The second-order valence-corrected chi connectivity index (χ2v) is 9.08. The van der Waals surface area contributed by atoms with E-state index in [1.165, 1.54) is 48.5 Å². The lowest BCUT2D eigenvalue weighted by Crippen LogP contribution is -2.28. The number of esters is 1. The van der Waals surface area contributed by atoms with Gasteiger partial charge in [0.05, 0.1) is 7.11 Å². The smallest absolute Gasteiger partial charge is 0.305 e. The fraction of sp³-hybridized carbons (Fsp3) is 0.600. The highest BCUT2D eigenvalue weighted by Crippen LogP contribution is 2.39. The largest absolute Gasteiger partial charge is 0.469 e. The van der Waals surface area contributed by atoms with E-state index in [1.54, 1.807) is 11.9 Å². The number of fused-ring (bicyclic) bond motifs is 3. The van der Waals surface area contributed by atoms with Crippen molar-refractivity contribution in [2.75, 3.05) is 33.9 Å². The van der Waals surface area contributed by atoms with Crippen LogP contribution in [0.15, 0.2) is 18.2 Å². The number of carbonyl (C=O) groups is 2. The lowest BCUT2D eigenvalue weighted by molar-refractivity contribution is -0.140. The van der Waals surface area contributed by atoms with Gasteiger partial charge < -0.3 is 18.9 Å². The van der Waals surface area contributed by atoms with Crippen LogP contribution < -0.4 is 0 Å². The number of hydrogen-bond acceptors (Lipinski definition) is 4. The van der Waals surface area contributed by atoms with Gasteiger partial charge in [-0.1, -0.05) is 0 Å². The number of aromatic nitrogens is 1. The summed E-state index contributed by atoms with van der Waals surface area (Å²) in [6, 6.07) is 6.11. The number of carbonyl (C=O) groups excluding carboxylic acids is 2. The van der Waals surface area contributed by atoms with Crippen LogP contribution in [0.4, 0.5) is 0 Å². The van der Waals surface area contributed by atoms with E-state index in [0.29, 0.717) is 25.3 Å². The summed E-state index contributed by atoms with van der Waals surface area (Å²) >= 11 is 0. The van der Waals surface area contributed by atoms with Crippen LogP contribution in [0.5, 0.6) is 0 Å². The molecule has 0 N–H and O–H groups in total. The first-order chi connectivity index (χ1) is 15.0. The van der Waals surface area contributed by atoms with E-state index in [0.717, 1.165) is 37.5 Å². The highest BCUT2D eigenvalue weighted by atomic mass is 16.5. The van der Waals surface area contributed by atoms with Gasteiger partial charge in [0.15, 0.2) is 0 Å². The number of methoxy groups -OCH3 is 1. The quantitative estimate of drug-likeness (QED) is 0.661. The number of amides is 1. The molecule has 6 nitrogen and oxygen atoms in total. The predicted molar refractivity (Wildman–Crippen MR) is 120 cm³/mol. The van der Waals surface area contributed by atoms with Crippen molar-refractivity contribution in [3.63, 3.8) is 0 Å². The van der Waals surface area contributed by atoms with Crippen molar-refractivity contribution in [1.82, 2.24) is 9.47 Å². The maximum Gasteiger partial charge on any atom is 0.305 e. The average molecular weight is 427 g/mol. The van der Waals surface area contributed by atoms with E-state index >= 15 is 0 Å². The van der Waals surface area contributed by atoms with Gasteiger partial charge in [-0.05, 0) is 74.1 Å². The van der Waals surface area contributed by atoms with Crippen LogP contribution in [-0.2, 0) is 34.2 Å². The van der Waals surface area contributed by atoms with Gasteiger partial charge in [0.1, 0.15) is 0 Å². The van der Waals surface area contributed by atoms with E-state index in [9.17, 15) is 9.59 Å². The van der Waals surface area contributed by atoms with Crippen LogP contribution in [-0.4, -0.2) is 55.3 Å². The molecule has 1 saturated heterocycles. The van der Waals surface area contributed by atoms with Crippen LogP contribution in [0.1, 0.15) is 53.7 Å². The highest BCUT2D eigenvalue weighted by Gasteiger charge is 2.31. The molecule has 0 saturated carbocycles. The average Bonchev–Trinajstić information content (AvgIpc) is 3.09. The van der Waals surface area contributed by atoms with E-state index < -0.39 is 0 Å².